The highest BCUT2D eigenvalue weighted by molar-refractivity contribution is 5.93. The summed E-state index contributed by atoms with van der Waals surface area (Å²) in [5, 5.41) is 2.74. The number of nitrogens with one attached hydrogen (secondary N) is 1. The van der Waals surface area contributed by atoms with E-state index < -0.39 is 0 Å². The maximum atomic E-state index is 11.8. The van der Waals surface area contributed by atoms with Crippen molar-refractivity contribution in [3.05, 3.63) is 24.3 Å². The Kier molecular flexibility index (Phi) is 5.12. The molecule has 1 aromatic rings. The summed E-state index contributed by atoms with van der Waals surface area (Å²) in [4.78, 5) is 25.6. The van der Waals surface area contributed by atoms with Crippen molar-refractivity contribution in [2.45, 2.75) is 19.3 Å². The van der Waals surface area contributed by atoms with E-state index >= 15 is 0 Å². The number of anilines is 2. The van der Waals surface area contributed by atoms with Gasteiger partial charge in [0.2, 0.25) is 0 Å². The van der Waals surface area contributed by atoms with Gasteiger partial charge in [-0.25, -0.2) is 0 Å². The Morgan fingerprint density at radius 2 is 1.87 bits per heavy atom. The molecule has 1 heterocycles. The van der Waals surface area contributed by atoms with Crippen LogP contribution in [0.25, 0.3) is 0 Å². The van der Waals surface area contributed by atoms with E-state index in [2.05, 4.69) is 10.2 Å². The van der Waals surface area contributed by atoms with Crippen LogP contribution in [0.3, 0.4) is 0 Å². The van der Waals surface area contributed by atoms with Crippen LogP contribution in [0, 0.1) is 5.92 Å². The highest BCUT2D eigenvalue weighted by Crippen LogP contribution is 2.27. The number of esters is 1. The maximum Gasteiger partial charge on any atom is 0.309 e. The van der Waals surface area contributed by atoms with Crippen molar-refractivity contribution in [1.82, 2.24) is 0 Å². The minimum atomic E-state index is -0.309. The molecule has 0 atom stereocenters. The van der Waals surface area contributed by atoms with Gasteiger partial charge >= 0.3 is 5.97 Å². The Bertz CT molecular complexity index is 548. The van der Waals surface area contributed by atoms with Crippen molar-refractivity contribution in [1.29, 1.82) is 0 Å². The van der Waals surface area contributed by atoms with E-state index in [1.807, 2.05) is 24.3 Å². The molecule has 6 heteroatoms. The number of nitrogens with zero attached hydrogens (tertiary/aromatic N) is 1. The summed E-state index contributed by atoms with van der Waals surface area (Å²) < 4.78 is 10.4. The van der Waals surface area contributed by atoms with Gasteiger partial charge in [-0.3, -0.25) is 9.59 Å². The summed E-state index contributed by atoms with van der Waals surface area (Å²) in [6.07, 6.45) is 2.83. The average Bonchev–Trinajstić information content (AvgIpc) is 2.53. The highest BCUT2D eigenvalue weighted by Gasteiger charge is 2.27. The number of hydrogen-bond acceptors (Lipinski definition) is 5. The van der Waals surface area contributed by atoms with Crippen LogP contribution in [0.4, 0.5) is 11.4 Å². The molecular formula is C17H22N2O4. The SMILES string of the molecule is O=C(COC(=O)C1CCC1)Nc1ccc(N2CCOCC2)cc1. The van der Waals surface area contributed by atoms with E-state index in [-0.39, 0.29) is 24.4 Å². The molecule has 1 aliphatic heterocycles. The van der Waals surface area contributed by atoms with Gasteiger partial charge in [-0.2, -0.15) is 0 Å². The number of morpholine rings is 1. The Morgan fingerprint density at radius 3 is 2.48 bits per heavy atom. The van der Waals surface area contributed by atoms with Crippen LogP contribution in [0.15, 0.2) is 24.3 Å². The lowest BCUT2D eigenvalue weighted by Crippen LogP contribution is -2.36. The zero-order chi connectivity index (χ0) is 16.1. The predicted octanol–water partition coefficient (Wildman–Crippen LogP) is 1.80. The van der Waals surface area contributed by atoms with Crippen LogP contribution in [0.5, 0.6) is 0 Å². The topological polar surface area (TPSA) is 67.9 Å². The Hall–Kier alpha value is -2.08. The van der Waals surface area contributed by atoms with E-state index in [9.17, 15) is 9.59 Å². The first kappa shape index (κ1) is 15.8. The second kappa shape index (κ2) is 7.46. The fourth-order valence-corrected chi connectivity index (χ4v) is 2.67. The van der Waals surface area contributed by atoms with Gasteiger partial charge in [-0.1, -0.05) is 6.42 Å². The molecule has 124 valence electrons. The lowest BCUT2D eigenvalue weighted by molar-refractivity contribution is -0.154. The third kappa shape index (κ3) is 4.22. The van der Waals surface area contributed by atoms with Crippen LogP contribution >= 0.6 is 0 Å². The molecule has 0 unspecified atom stereocenters. The molecule has 0 bridgehead atoms. The Morgan fingerprint density at radius 1 is 1.17 bits per heavy atom. The molecule has 0 aromatic heterocycles. The average molecular weight is 318 g/mol. The summed E-state index contributed by atoms with van der Waals surface area (Å²) in [5.74, 6) is -0.568. The van der Waals surface area contributed by atoms with E-state index in [4.69, 9.17) is 9.47 Å². The molecule has 6 nitrogen and oxygen atoms in total. The molecule has 3 rings (SSSR count). The second-order valence-corrected chi connectivity index (χ2v) is 5.93. The van der Waals surface area contributed by atoms with Crippen molar-refractivity contribution >= 4 is 23.3 Å². The first-order valence-electron chi connectivity index (χ1n) is 8.11. The number of amides is 1. The summed E-state index contributed by atoms with van der Waals surface area (Å²) in [6, 6.07) is 7.66. The Balaban J connectivity index is 1.45. The van der Waals surface area contributed by atoms with E-state index in [0.29, 0.717) is 5.69 Å². The van der Waals surface area contributed by atoms with Gasteiger partial charge in [-0.15, -0.1) is 0 Å². The standard InChI is InChI=1S/C17H22N2O4/c20-16(12-23-17(21)13-2-1-3-13)18-14-4-6-15(7-5-14)19-8-10-22-11-9-19/h4-7,13H,1-3,8-12H2,(H,18,20). The van der Waals surface area contributed by atoms with Gasteiger partial charge in [0, 0.05) is 24.5 Å². The fourth-order valence-electron chi connectivity index (χ4n) is 2.67. The number of hydrogen-bond donors (Lipinski definition) is 1. The molecular weight excluding hydrogens is 296 g/mol. The zero-order valence-electron chi connectivity index (χ0n) is 13.1. The summed E-state index contributed by atoms with van der Waals surface area (Å²) in [5.41, 5.74) is 1.81. The minimum absolute atomic E-state index is 0.00407. The quantitative estimate of drug-likeness (QED) is 0.839. The summed E-state index contributed by atoms with van der Waals surface area (Å²) >= 11 is 0. The lowest BCUT2D eigenvalue weighted by atomic mass is 9.86. The van der Waals surface area contributed by atoms with Crippen molar-refractivity contribution in [3.63, 3.8) is 0 Å². The van der Waals surface area contributed by atoms with Crippen LogP contribution in [-0.2, 0) is 19.1 Å². The molecule has 1 saturated heterocycles. The smallest absolute Gasteiger partial charge is 0.309 e. The predicted molar refractivity (Wildman–Crippen MR) is 86.4 cm³/mol. The number of carbonyl (C=O) groups is 2. The number of ether oxygens (including phenoxy) is 2. The molecule has 0 spiro atoms. The van der Waals surface area contributed by atoms with E-state index in [1.54, 1.807) is 0 Å². The lowest BCUT2D eigenvalue weighted by Gasteiger charge is -2.28. The molecule has 2 aliphatic rings. The van der Waals surface area contributed by atoms with Gasteiger partial charge in [0.15, 0.2) is 6.61 Å². The van der Waals surface area contributed by atoms with Gasteiger partial charge in [0.1, 0.15) is 0 Å². The zero-order valence-corrected chi connectivity index (χ0v) is 13.1. The first-order valence-corrected chi connectivity index (χ1v) is 8.11. The first-order chi connectivity index (χ1) is 11.2. The monoisotopic (exact) mass is 318 g/mol. The van der Waals surface area contributed by atoms with Crippen molar-refractivity contribution in [3.8, 4) is 0 Å². The van der Waals surface area contributed by atoms with E-state index in [1.165, 1.54) is 0 Å². The summed E-state index contributed by atoms with van der Waals surface area (Å²) in [7, 11) is 0. The Labute approximate surface area is 135 Å². The molecule has 23 heavy (non-hydrogen) atoms. The van der Waals surface area contributed by atoms with Crippen molar-refractivity contribution in [2.24, 2.45) is 5.92 Å². The number of carbonyl (C=O) groups excluding carboxylic acids is 2. The van der Waals surface area contributed by atoms with Gasteiger partial charge in [0.25, 0.3) is 5.91 Å². The minimum Gasteiger partial charge on any atom is -0.455 e. The molecule has 2 fully saturated rings. The molecule has 0 radical (unpaired) electrons. The third-order valence-electron chi connectivity index (χ3n) is 4.31. The third-order valence-corrected chi connectivity index (χ3v) is 4.31. The highest BCUT2D eigenvalue weighted by atomic mass is 16.5. The van der Waals surface area contributed by atoms with Crippen molar-refractivity contribution in [2.75, 3.05) is 43.1 Å². The van der Waals surface area contributed by atoms with E-state index in [0.717, 1.165) is 51.3 Å². The molecule has 1 aromatic carbocycles. The normalized spacial score (nSPS) is 18.2. The number of benzene rings is 1. The van der Waals surface area contributed by atoms with Crippen LogP contribution in [-0.4, -0.2) is 44.8 Å². The van der Waals surface area contributed by atoms with Crippen LogP contribution in [0.2, 0.25) is 0 Å². The van der Waals surface area contributed by atoms with Crippen LogP contribution in [0.1, 0.15) is 19.3 Å². The van der Waals surface area contributed by atoms with Crippen molar-refractivity contribution < 1.29 is 19.1 Å². The molecule has 1 saturated carbocycles. The summed E-state index contributed by atoms with van der Waals surface area (Å²) in [6.45, 7) is 3.02. The maximum absolute atomic E-state index is 11.8. The largest absolute Gasteiger partial charge is 0.455 e. The van der Waals surface area contributed by atoms with Gasteiger partial charge < -0.3 is 19.7 Å². The fraction of sp³-hybridized carbons (Fsp3) is 0.529. The molecule has 1 aliphatic carbocycles. The molecule has 1 N–H and O–H groups in total. The second-order valence-electron chi connectivity index (χ2n) is 5.93. The van der Waals surface area contributed by atoms with Gasteiger partial charge in [-0.05, 0) is 37.1 Å². The van der Waals surface area contributed by atoms with Gasteiger partial charge in [0.05, 0.1) is 19.1 Å². The molecule has 1 amide bonds. The number of rotatable bonds is 5. The van der Waals surface area contributed by atoms with Crippen LogP contribution < -0.4 is 10.2 Å².